The van der Waals surface area contributed by atoms with Crippen LogP contribution in [0.3, 0.4) is 0 Å². The van der Waals surface area contributed by atoms with Crippen LogP contribution in [-0.2, 0) is 33.6 Å². The van der Waals surface area contributed by atoms with E-state index in [1.165, 1.54) is 6.92 Å². The largest absolute Gasteiger partial charge is 0.353 e. The first kappa shape index (κ1) is 24.2. The maximum atomic E-state index is 12.5. The number of carbonyl (C=O) groups excluding carboxylic acids is 6. The van der Waals surface area contributed by atoms with Crippen LogP contribution in [-0.4, -0.2) is 57.2 Å². The molecular weight excluding hydrogens is 408 g/mol. The summed E-state index contributed by atoms with van der Waals surface area (Å²) in [5, 5.41) is 3.25. The van der Waals surface area contributed by atoms with Crippen molar-refractivity contribution in [2.24, 2.45) is 17.6 Å². The lowest BCUT2D eigenvalue weighted by atomic mass is 9.95. The van der Waals surface area contributed by atoms with Crippen LogP contribution in [0.2, 0.25) is 0 Å². The number of rotatable bonds is 9. The van der Waals surface area contributed by atoms with Gasteiger partial charge in [0, 0.05) is 37.0 Å². The molecule has 1 saturated heterocycles. The average Bonchev–Trinajstić information content (AvgIpc) is 3.16. The second-order valence-corrected chi connectivity index (χ2v) is 8.35. The Hall–Kier alpha value is -3.08. The fraction of sp³-hybridized carbons (Fsp3) is 0.600. The number of nitrogens with one attached hydrogen (secondary N) is 1. The number of carbonyl (C=O) groups is 6. The van der Waals surface area contributed by atoms with E-state index in [9.17, 15) is 28.8 Å². The lowest BCUT2D eigenvalue weighted by molar-refractivity contribution is -0.200. The summed E-state index contributed by atoms with van der Waals surface area (Å²) in [6.45, 7) is 6.38. The summed E-state index contributed by atoms with van der Waals surface area (Å²) in [5.74, 6) is -4.59. The molecule has 0 radical (unpaired) electrons. The summed E-state index contributed by atoms with van der Waals surface area (Å²) in [4.78, 5) is 77.3. The van der Waals surface area contributed by atoms with Gasteiger partial charge in [0.2, 0.25) is 5.91 Å². The monoisotopic (exact) mass is 436 g/mol. The minimum atomic E-state index is -1.34. The highest BCUT2D eigenvalue weighted by molar-refractivity contribution is 6.13. The van der Waals surface area contributed by atoms with E-state index in [4.69, 9.17) is 10.6 Å². The highest BCUT2D eigenvalue weighted by Crippen LogP contribution is 2.23. The molecule has 0 bridgehead atoms. The van der Waals surface area contributed by atoms with Crippen molar-refractivity contribution in [1.82, 2.24) is 15.3 Å². The Morgan fingerprint density at radius 1 is 1.06 bits per heavy atom. The van der Waals surface area contributed by atoms with Crippen molar-refractivity contribution in [3.8, 4) is 0 Å². The maximum absolute atomic E-state index is 12.5. The minimum absolute atomic E-state index is 0.00951. The molecule has 0 spiro atoms. The van der Waals surface area contributed by atoms with Gasteiger partial charge in [-0.3, -0.25) is 28.9 Å². The smallest absolute Gasteiger partial charge is 0.336 e. The second kappa shape index (κ2) is 9.38. The number of amides is 5. The summed E-state index contributed by atoms with van der Waals surface area (Å²) >= 11 is 0. The molecule has 3 N–H and O–H groups in total. The predicted molar refractivity (Wildman–Crippen MR) is 106 cm³/mol. The topological polar surface area (TPSA) is 156 Å². The van der Waals surface area contributed by atoms with Gasteiger partial charge in [0.15, 0.2) is 0 Å². The molecule has 170 valence electrons. The molecule has 5 amide bonds. The van der Waals surface area contributed by atoms with Crippen molar-refractivity contribution < 1.29 is 33.6 Å². The van der Waals surface area contributed by atoms with E-state index in [0.717, 1.165) is 17.1 Å². The fourth-order valence-corrected chi connectivity index (χ4v) is 3.62. The van der Waals surface area contributed by atoms with E-state index in [1.807, 2.05) is 0 Å². The molecule has 0 aromatic rings. The zero-order valence-electron chi connectivity index (χ0n) is 18.0. The Balaban J connectivity index is 1.84. The van der Waals surface area contributed by atoms with Crippen LogP contribution >= 0.6 is 0 Å². The molecule has 2 aliphatic heterocycles. The van der Waals surface area contributed by atoms with Gasteiger partial charge in [0.1, 0.15) is 0 Å². The summed E-state index contributed by atoms with van der Waals surface area (Å²) in [5.41, 5.74) is 4.79. The Morgan fingerprint density at radius 2 is 1.58 bits per heavy atom. The minimum Gasteiger partial charge on any atom is -0.353 e. The van der Waals surface area contributed by atoms with Crippen LogP contribution in [0.5, 0.6) is 0 Å². The Bertz CT molecular complexity index is 801. The van der Waals surface area contributed by atoms with Crippen molar-refractivity contribution >= 4 is 35.5 Å². The quantitative estimate of drug-likeness (QED) is 0.469. The normalized spacial score (nSPS) is 21.2. The molecule has 2 aliphatic rings. The Morgan fingerprint density at radius 3 is 2.10 bits per heavy atom. The van der Waals surface area contributed by atoms with Crippen molar-refractivity contribution in [3.63, 3.8) is 0 Å². The molecular formula is C20H28N4O7. The standard InChI is InChI=1S/C20H28N4O7/c1-11(19(30)31-24-16(27)7-8-17(24)28)9-13(3)22-18(29)12(2)10-20(4,21)23-14(25)5-6-15(23)26/h5-6,11-13H,7-10,21H2,1-4H3,(H,22,29). The molecule has 0 aliphatic carbocycles. The molecule has 0 aromatic heterocycles. The third-order valence-electron chi connectivity index (χ3n) is 5.17. The molecule has 11 heteroatoms. The van der Waals surface area contributed by atoms with Gasteiger partial charge < -0.3 is 15.9 Å². The third-order valence-corrected chi connectivity index (χ3v) is 5.17. The highest BCUT2D eigenvalue weighted by atomic mass is 16.7. The molecule has 0 aromatic carbocycles. The first-order chi connectivity index (χ1) is 14.3. The van der Waals surface area contributed by atoms with Crippen LogP contribution in [0.25, 0.3) is 0 Å². The van der Waals surface area contributed by atoms with Gasteiger partial charge in [-0.05, 0) is 26.7 Å². The van der Waals surface area contributed by atoms with E-state index < -0.39 is 53.1 Å². The summed E-state index contributed by atoms with van der Waals surface area (Å²) < 4.78 is 0. The van der Waals surface area contributed by atoms with Crippen molar-refractivity contribution in [3.05, 3.63) is 12.2 Å². The SMILES string of the molecule is CC(CC(C)C(=O)ON1C(=O)CCC1=O)NC(=O)C(C)CC(C)(N)N1C(=O)C=CC1=O. The van der Waals surface area contributed by atoms with Crippen LogP contribution < -0.4 is 11.1 Å². The van der Waals surface area contributed by atoms with E-state index in [2.05, 4.69) is 5.32 Å². The second-order valence-electron chi connectivity index (χ2n) is 8.35. The Labute approximate surface area is 179 Å². The molecule has 0 saturated carbocycles. The lowest BCUT2D eigenvalue weighted by Gasteiger charge is -2.35. The zero-order chi connectivity index (χ0) is 23.5. The molecule has 2 rings (SSSR count). The lowest BCUT2D eigenvalue weighted by Crippen LogP contribution is -2.58. The first-order valence-electron chi connectivity index (χ1n) is 10.1. The number of hydrogen-bond donors (Lipinski definition) is 2. The highest BCUT2D eigenvalue weighted by Gasteiger charge is 2.40. The number of hydroxylamine groups is 2. The van der Waals surface area contributed by atoms with Gasteiger partial charge in [-0.25, -0.2) is 4.79 Å². The van der Waals surface area contributed by atoms with Gasteiger partial charge in [-0.1, -0.05) is 13.8 Å². The molecule has 31 heavy (non-hydrogen) atoms. The number of imide groups is 2. The average molecular weight is 436 g/mol. The van der Waals surface area contributed by atoms with Crippen LogP contribution in [0.1, 0.15) is 53.4 Å². The molecule has 1 fully saturated rings. The molecule has 2 heterocycles. The van der Waals surface area contributed by atoms with Crippen molar-refractivity contribution in [2.75, 3.05) is 0 Å². The van der Waals surface area contributed by atoms with Crippen LogP contribution in [0.15, 0.2) is 12.2 Å². The van der Waals surface area contributed by atoms with E-state index in [1.54, 1.807) is 20.8 Å². The van der Waals surface area contributed by atoms with Gasteiger partial charge in [-0.15, -0.1) is 5.06 Å². The number of nitrogens with zero attached hydrogens (tertiary/aromatic N) is 2. The van der Waals surface area contributed by atoms with Gasteiger partial charge in [0.05, 0.1) is 11.6 Å². The molecule has 11 nitrogen and oxygen atoms in total. The summed E-state index contributed by atoms with van der Waals surface area (Å²) in [6, 6.07) is -0.428. The third kappa shape index (κ3) is 5.75. The van der Waals surface area contributed by atoms with Crippen molar-refractivity contribution in [1.29, 1.82) is 0 Å². The maximum Gasteiger partial charge on any atom is 0.336 e. The van der Waals surface area contributed by atoms with Crippen LogP contribution in [0.4, 0.5) is 0 Å². The first-order valence-corrected chi connectivity index (χ1v) is 10.1. The summed E-state index contributed by atoms with van der Waals surface area (Å²) in [6.07, 6.45) is 2.53. The molecule has 4 unspecified atom stereocenters. The van der Waals surface area contributed by atoms with E-state index in [0.29, 0.717) is 5.06 Å². The molecule has 4 atom stereocenters. The van der Waals surface area contributed by atoms with Crippen molar-refractivity contribution in [2.45, 2.75) is 65.1 Å². The van der Waals surface area contributed by atoms with Gasteiger partial charge >= 0.3 is 5.97 Å². The summed E-state index contributed by atoms with van der Waals surface area (Å²) in [7, 11) is 0. The zero-order valence-corrected chi connectivity index (χ0v) is 18.0. The van der Waals surface area contributed by atoms with E-state index in [-0.39, 0.29) is 31.6 Å². The fourth-order valence-electron chi connectivity index (χ4n) is 3.62. The van der Waals surface area contributed by atoms with Crippen LogP contribution in [0, 0.1) is 11.8 Å². The Kier molecular flexibility index (Phi) is 7.32. The number of hydrogen-bond acceptors (Lipinski definition) is 8. The number of nitrogens with two attached hydrogens (primary N) is 1. The van der Waals surface area contributed by atoms with Gasteiger partial charge in [-0.2, -0.15) is 0 Å². The van der Waals surface area contributed by atoms with E-state index >= 15 is 0 Å². The van der Waals surface area contributed by atoms with Gasteiger partial charge in [0.25, 0.3) is 23.6 Å². The predicted octanol–water partition coefficient (Wildman–Crippen LogP) is -0.249.